The lowest BCUT2D eigenvalue weighted by atomic mass is 9.81. The lowest BCUT2D eigenvalue weighted by molar-refractivity contribution is -0.125. The van der Waals surface area contributed by atoms with Crippen molar-refractivity contribution in [3.05, 3.63) is 0 Å². The Morgan fingerprint density at radius 2 is 2.00 bits per heavy atom. The smallest absolute Gasteiger partial charge is 0.136 e. The van der Waals surface area contributed by atoms with Gasteiger partial charge in [-0.2, -0.15) is 0 Å². The minimum Gasteiger partial charge on any atom is -0.316 e. The number of carbonyl (C=O) groups is 1. The van der Waals surface area contributed by atoms with Crippen LogP contribution in [-0.4, -0.2) is 18.9 Å². The average Bonchev–Trinajstić information content (AvgIpc) is 1.95. The van der Waals surface area contributed by atoms with E-state index in [-0.39, 0.29) is 11.3 Å². The van der Waals surface area contributed by atoms with Crippen LogP contribution >= 0.6 is 0 Å². The van der Waals surface area contributed by atoms with Gasteiger partial charge in [-0.25, -0.2) is 0 Å². The first-order valence-electron chi connectivity index (χ1n) is 5.63. The summed E-state index contributed by atoms with van der Waals surface area (Å²) in [4.78, 5) is 11.8. The quantitative estimate of drug-likeness (QED) is 0.749. The van der Waals surface area contributed by atoms with Crippen molar-refractivity contribution in [1.29, 1.82) is 0 Å². The van der Waals surface area contributed by atoms with Gasteiger partial charge in [0.05, 0.1) is 0 Å². The van der Waals surface area contributed by atoms with Gasteiger partial charge in [-0.15, -0.1) is 0 Å². The van der Waals surface area contributed by atoms with Gasteiger partial charge < -0.3 is 5.32 Å². The van der Waals surface area contributed by atoms with Crippen molar-refractivity contribution in [3.8, 4) is 0 Å². The van der Waals surface area contributed by atoms with Crippen molar-refractivity contribution < 1.29 is 4.79 Å². The molecule has 0 spiro atoms. The van der Waals surface area contributed by atoms with Crippen LogP contribution in [0.1, 0.15) is 40.5 Å². The maximum atomic E-state index is 11.8. The average molecular weight is 197 g/mol. The second-order valence-corrected chi connectivity index (χ2v) is 5.73. The van der Waals surface area contributed by atoms with Gasteiger partial charge in [0.15, 0.2) is 0 Å². The second-order valence-electron chi connectivity index (χ2n) is 5.73. The van der Waals surface area contributed by atoms with Gasteiger partial charge in [0.1, 0.15) is 5.78 Å². The minimum absolute atomic E-state index is 0.263. The molecule has 1 rings (SSSR count). The van der Waals surface area contributed by atoms with Crippen LogP contribution in [0.2, 0.25) is 0 Å². The molecule has 0 aromatic carbocycles. The fourth-order valence-corrected chi connectivity index (χ4v) is 1.65. The van der Waals surface area contributed by atoms with E-state index in [0.717, 1.165) is 25.9 Å². The molecule has 1 aliphatic heterocycles. The van der Waals surface area contributed by atoms with Gasteiger partial charge in [0, 0.05) is 12.3 Å². The van der Waals surface area contributed by atoms with Crippen molar-refractivity contribution in [2.75, 3.05) is 13.1 Å². The molecule has 82 valence electrons. The third kappa shape index (κ3) is 3.41. The molecule has 1 N–H and O–H groups in total. The molecule has 1 atom stereocenters. The molecule has 1 fully saturated rings. The Kier molecular flexibility index (Phi) is 3.71. The molecular formula is C12H23NO. The molecular weight excluding hydrogens is 174 g/mol. The van der Waals surface area contributed by atoms with Crippen molar-refractivity contribution >= 4 is 5.78 Å². The van der Waals surface area contributed by atoms with Crippen molar-refractivity contribution in [2.45, 2.75) is 40.5 Å². The summed E-state index contributed by atoms with van der Waals surface area (Å²) in [6.07, 6.45) is 1.76. The summed E-state index contributed by atoms with van der Waals surface area (Å²) in [6.45, 7) is 10.7. The van der Waals surface area contributed by atoms with E-state index in [0.29, 0.717) is 11.7 Å². The molecule has 0 aromatic rings. The van der Waals surface area contributed by atoms with E-state index in [2.05, 4.69) is 33.0 Å². The van der Waals surface area contributed by atoms with Crippen LogP contribution in [0.4, 0.5) is 0 Å². The molecule has 0 bridgehead atoms. The van der Waals surface area contributed by atoms with E-state index in [1.165, 1.54) is 0 Å². The first kappa shape index (κ1) is 11.7. The lowest BCUT2D eigenvalue weighted by Crippen LogP contribution is -2.47. The molecule has 0 aromatic heterocycles. The molecule has 1 saturated heterocycles. The molecule has 1 aliphatic rings. The number of hydrogen-bond donors (Lipinski definition) is 1. The Hall–Kier alpha value is -0.370. The molecule has 2 nitrogen and oxygen atoms in total. The van der Waals surface area contributed by atoms with Crippen LogP contribution in [0.3, 0.4) is 0 Å². The maximum Gasteiger partial charge on any atom is 0.136 e. The third-order valence-corrected chi connectivity index (χ3v) is 3.15. The largest absolute Gasteiger partial charge is 0.316 e. The monoisotopic (exact) mass is 197 g/mol. The van der Waals surface area contributed by atoms with Crippen LogP contribution in [0.15, 0.2) is 0 Å². The Morgan fingerprint density at radius 3 is 2.36 bits per heavy atom. The summed E-state index contributed by atoms with van der Waals surface area (Å²) in [5.41, 5.74) is 0.285. The number of hydrogen-bond acceptors (Lipinski definition) is 2. The standard InChI is InChI=1S/C12H23NO/c1-9(10-7-13-8-10)11(14)5-6-12(2,3)4/h9-10,13H,5-8H2,1-4H3. The second kappa shape index (κ2) is 4.43. The van der Waals surface area contributed by atoms with E-state index in [4.69, 9.17) is 0 Å². The number of nitrogens with one attached hydrogen (secondary N) is 1. The first-order valence-corrected chi connectivity index (χ1v) is 5.63. The van der Waals surface area contributed by atoms with E-state index in [1.807, 2.05) is 0 Å². The molecule has 0 amide bonds. The molecule has 14 heavy (non-hydrogen) atoms. The summed E-state index contributed by atoms with van der Waals surface area (Å²) in [6, 6.07) is 0. The minimum atomic E-state index is 0.263. The topological polar surface area (TPSA) is 29.1 Å². The van der Waals surface area contributed by atoms with Gasteiger partial charge >= 0.3 is 0 Å². The highest BCUT2D eigenvalue weighted by Crippen LogP contribution is 2.24. The van der Waals surface area contributed by atoms with Gasteiger partial charge in [-0.3, -0.25) is 4.79 Å². The van der Waals surface area contributed by atoms with Crippen LogP contribution in [0.5, 0.6) is 0 Å². The molecule has 2 heteroatoms. The zero-order valence-corrected chi connectivity index (χ0v) is 9.89. The SMILES string of the molecule is CC(C(=O)CCC(C)(C)C)C1CNC1. The van der Waals surface area contributed by atoms with Crippen LogP contribution in [0, 0.1) is 17.3 Å². The molecule has 1 unspecified atom stereocenters. The zero-order chi connectivity index (χ0) is 10.8. The van der Waals surface area contributed by atoms with E-state index in [1.54, 1.807) is 0 Å². The Balaban J connectivity index is 2.27. The number of rotatable bonds is 4. The summed E-state index contributed by atoms with van der Waals surface area (Å²) < 4.78 is 0. The predicted octanol–water partition coefficient (Wildman–Crippen LogP) is 2.24. The van der Waals surface area contributed by atoms with Crippen molar-refractivity contribution in [3.63, 3.8) is 0 Å². The van der Waals surface area contributed by atoms with Crippen LogP contribution < -0.4 is 5.32 Å². The molecule has 1 heterocycles. The Labute approximate surface area is 87.5 Å². The number of Topliss-reactive ketones (excluding diaryl/α,β-unsaturated/α-hetero) is 1. The highest BCUT2D eigenvalue weighted by atomic mass is 16.1. The normalized spacial score (nSPS) is 20.3. The lowest BCUT2D eigenvalue weighted by Gasteiger charge is -2.32. The Morgan fingerprint density at radius 1 is 1.43 bits per heavy atom. The van der Waals surface area contributed by atoms with Crippen molar-refractivity contribution in [2.24, 2.45) is 17.3 Å². The first-order chi connectivity index (χ1) is 6.40. The summed E-state index contributed by atoms with van der Waals surface area (Å²) in [7, 11) is 0. The number of carbonyl (C=O) groups excluding carboxylic acids is 1. The van der Waals surface area contributed by atoms with Crippen LogP contribution in [0.25, 0.3) is 0 Å². The van der Waals surface area contributed by atoms with Gasteiger partial charge in [-0.1, -0.05) is 27.7 Å². The molecule has 0 aliphatic carbocycles. The molecule has 0 radical (unpaired) electrons. The van der Waals surface area contributed by atoms with E-state index in [9.17, 15) is 4.79 Å². The van der Waals surface area contributed by atoms with Gasteiger partial charge in [0.25, 0.3) is 0 Å². The Bertz CT molecular complexity index is 201. The maximum absolute atomic E-state index is 11.8. The van der Waals surface area contributed by atoms with E-state index < -0.39 is 0 Å². The predicted molar refractivity (Wildman–Crippen MR) is 59.2 cm³/mol. The summed E-state index contributed by atoms with van der Waals surface area (Å²) in [5, 5.41) is 3.22. The zero-order valence-electron chi connectivity index (χ0n) is 9.89. The van der Waals surface area contributed by atoms with Crippen LogP contribution in [-0.2, 0) is 4.79 Å². The van der Waals surface area contributed by atoms with Gasteiger partial charge in [0.2, 0.25) is 0 Å². The van der Waals surface area contributed by atoms with Crippen molar-refractivity contribution in [1.82, 2.24) is 5.32 Å². The molecule has 0 saturated carbocycles. The fourth-order valence-electron chi connectivity index (χ4n) is 1.65. The fraction of sp³-hybridized carbons (Fsp3) is 0.917. The van der Waals surface area contributed by atoms with E-state index >= 15 is 0 Å². The highest BCUT2D eigenvalue weighted by molar-refractivity contribution is 5.81. The third-order valence-electron chi connectivity index (χ3n) is 3.15. The number of ketones is 1. The highest BCUT2D eigenvalue weighted by Gasteiger charge is 2.28. The summed E-state index contributed by atoms with van der Waals surface area (Å²) in [5.74, 6) is 1.31. The summed E-state index contributed by atoms with van der Waals surface area (Å²) >= 11 is 0. The van der Waals surface area contributed by atoms with Gasteiger partial charge in [-0.05, 0) is 30.8 Å².